The summed E-state index contributed by atoms with van der Waals surface area (Å²) in [5.41, 5.74) is -1.18. The largest absolute Gasteiger partial charge is 0.460 e. The Morgan fingerprint density at radius 3 is 1.75 bits per heavy atom. The van der Waals surface area contributed by atoms with Crippen molar-refractivity contribution in [3.05, 3.63) is 0 Å². The Morgan fingerprint density at radius 2 is 1.40 bits per heavy atom. The lowest BCUT2D eigenvalue weighted by molar-refractivity contribution is -0.171. The Morgan fingerprint density at radius 1 is 0.950 bits per heavy atom. The smallest absolute Gasteiger partial charge is 0.312 e. The minimum Gasteiger partial charge on any atom is -0.460 e. The fraction of sp³-hybridized carbons (Fsp3) is 0.867. The zero-order valence-electron chi connectivity index (χ0n) is 13.9. The second-order valence-corrected chi connectivity index (χ2v) is 6.87. The molecule has 0 radical (unpaired) electrons. The van der Waals surface area contributed by atoms with Crippen LogP contribution in [0.1, 0.15) is 54.9 Å². The van der Waals surface area contributed by atoms with E-state index in [2.05, 4.69) is 0 Å². The van der Waals surface area contributed by atoms with Crippen molar-refractivity contribution in [2.24, 2.45) is 5.92 Å². The van der Waals surface area contributed by atoms with E-state index in [0.717, 1.165) is 0 Å². The fourth-order valence-corrected chi connectivity index (χ4v) is 1.55. The lowest BCUT2D eigenvalue weighted by Crippen LogP contribution is -2.37. The van der Waals surface area contributed by atoms with Crippen LogP contribution in [0.4, 0.5) is 0 Å². The maximum Gasteiger partial charge on any atom is 0.312 e. The molecule has 0 aliphatic carbocycles. The molecule has 5 heteroatoms. The minimum atomic E-state index is -0.672. The lowest BCUT2D eigenvalue weighted by atomic mass is 9.99. The van der Waals surface area contributed by atoms with E-state index in [1.54, 1.807) is 48.5 Å². The molecule has 0 saturated carbocycles. The third kappa shape index (κ3) is 8.15. The Hall–Kier alpha value is -1.10. The molecule has 0 heterocycles. The SMILES string of the molecule is CO[C@H](C)[C@@H](CC(=O)OC(C)(C)C)C(=O)OC(C)(C)C. The second kappa shape index (κ2) is 7.07. The summed E-state index contributed by atoms with van der Waals surface area (Å²) in [5, 5.41) is 0. The second-order valence-electron chi connectivity index (χ2n) is 6.87. The van der Waals surface area contributed by atoms with Crippen LogP contribution < -0.4 is 0 Å². The van der Waals surface area contributed by atoms with Gasteiger partial charge in [-0.1, -0.05) is 0 Å². The monoisotopic (exact) mass is 288 g/mol. The Kier molecular flexibility index (Phi) is 6.68. The molecule has 0 N–H and O–H groups in total. The molecule has 0 aromatic rings. The Bertz CT molecular complexity index is 335. The highest BCUT2D eigenvalue weighted by molar-refractivity contribution is 5.80. The van der Waals surface area contributed by atoms with Crippen molar-refractivity contribution in [3.63, 3.8) is 0 Å². The molecule has 118 valence electrons. The number of hydrogen-bond donors (Lipinski definition) is 0. The molecule has 20 heavy (non-hydrogen) atoms. The number of carbonyl (C=O) groups excluding carboxylic acids is 2. The first-order chi connectivity index (χ1) is 8.85. The summed E-state index contributed by atoms with van der Waals surface area (Å²) in [6, 6.07) is 0. The van der Waals surface area contributed by atoms with Crippen LogP contribution in [0.5, 0.6) is 0 Å². The standard InChI is InChI=1S/C15H28O5/c1-10(18-8)11(13(17)20-15(5,6)7)9-12(16)19-14(2,3)4/h10-11H,9H2,1-8H3/t10-,11-/m1/s1. The summed E-state index contributed by atoms with van der Waals surface area (Å²) in [5.74, 6) is -1.55. The minimum absolute atomic E-state index is 0.0544. The van der Waals surface area contributed by atoms with Gasteiger partial charge in [0.15, 0.2) is 0 Å². The Labute approximate surface area is 122 Å². The van der Waals surface area contributed by atoms with Gasteiger partial charge in [0, 0.05) is 7.11 Å². The number of ether oxygens (including phenoxy) is 3. The molecule has 0 aliphatic rings. The maximum absolute atomic E-state index is 12.2. The quantitative estimate of drug-likeness (QED) is 0.728. The highest BCUT2D eigenvalue weighted by Gasteiger charge is 2.33. The van der Waals surface area contributed by atoms with Gasteiger partial charge in [-0.05, 0) is 48.5 Å². The fourth-order valence-electron chi connectivity index (χ4n) is 1.55. The summed E-state index contributed by atoms with van der Waals surface area (Å²) in [4.78, 5) is 24.0. The predicted octanol–water partition coefficient (Wildman–Crippen LogP) is 2.71. The molecule has 0 amide bonds. The number of esters is 2. The zero-order chi connectivity index (χ0) is 16.1. The van der Waals surface area contributed by atoms with Gasteiger partial charge in [0.1, 0.15) is 11.2 Å². The van der Waals surface area contributed by atoms with Gasteiger partial charge in [0.05, 0.1) is 18.4 Å². The number of rotatable bonds is 5. The third-order valence-electron chi connectivity index (χ3n) is 2.45. The van der Waals surface area contributed by atoms with Crippen LogP contribution in [0.2, 0.25) is 0 Å². The van der Waals surface area contributed by atoms with Crippen molar-refractivity contribution < 1.29 is 23.8 Å². The molecule has 2 atom stereocenters. The lowest BCUT2D eigenvalue weighted by Gasteiger charge is -2.27. The van der Waals surface area contributed by atoms with Crippen LogP contribution in [-0.4, -0.2) is 36.4 Å². The molecule has 0 rings (SSSR count). The van der Waals surface area contributed by atoms with E-state index in [0.29, 0.717) is 0 Å². The number of methoxy groups -OCH3 is 1. The molecule has 0 fully saturated rings. The molecule has 0 aliphatic heterocycles. The molecular formula is C15H28O5. The number of carbonyl (C=O) groups is 2. The molecule has 0 aromatic heterocycles. The van der Waals surface area contributed by atoms with Crippen molar-refractivity contribution in [1.29, 1.82) is 0 Å². The Balaban J connectivity index is 4.82. The van der Waals surface area contributed by atoms with Crippen LogP contribution in [0.3, 0.4) is 0 Å². The molecule has 0 spiro atoms. The van der Waals surface area contributed by atoms with Gasteiger partial charge in [-0.3, -0.25) is 9.59 Å². The van der Waals surface area contributed by atoms with Crippen molar-refractivity contribution in [2.75, 3.05) is 7.11 Å². The van der Waals surface area contributed by atoms with Gasteiger partial charge in [0.2, 0.25) is 0 Å². The van der Waals surface area contributed by atoms with Crippen LogP contribution in [0, 0.1) is 5.92 Å². The van der Waals surface area contributed by atoms with Crippen molar-refractivity contribution >= 4 is 11.9 Å². The van der Waals surface area contributed by atoms with Crippen LogP contribution in [-0.2, 0) is 23.8 Å². The topological polar surface area (TPSA) is 61.8 Å². The summed E-state index contributed by atoms with van der Waals surface area (Å²) in [6.45, 7) is 12.4. The third-order valence-corrected chi connectivity index (χ3v) is 2.45. The van der Waals surface area contributed by atoms with E-state index in [1.165, 1.54) is 7.11 Å². The summed E-state index contributed by atoms with van der Waals surface area (Å²) >= 11 is 0. The molecule has 0 saturated heterocycles. The van der Waals surface area contributed by atoms with E-state index in [9.17, 15) is 9.59 Å². The zero-order valence-corrected chi connectivity index (χ0v) is 13.9. The summed E-state index contributed by atoms with van der Waals surface area (Å²) in [7, 11) is 1.50. The summed E-state index contributed by atoms with van der Waals surface area (Å²) in [6.07, 6.45) is -0.473. The van der Waals surface area contributed by atoms with E-state index in [-0.39, 0.29) is 6.42 Å². The van der Waals surface area contributed by atoms with Crippen molar-refractivity contribution in [3.8, 4) is 0 Å². The summed E-state index contributed by atoms with van der Waals surface area (Å²) < 4.78 is 15.7. The highest BCUT2D eigenvalue weighted by Crippen LogP contribution is 2.20. The first-order valence-corrected chi connectivity index (χ1v) is 6.83. The predicted molar refractivity (Wildman–Crippen MR) is 76.3 cm³/mol. The van der Waals surface area contributed by atoms with Gasteiger partial charge < -0.3 is 14.2 Å². The van der Waals surface area contributed by atoms with E-state index < -0.39 is 35.2 Å². The molecule has 0 unspecified atom stereocenters. The van der Waals surface area contributed by atoms with Crippen LogP contribution in [0.15, 0.2) is 0 Å². The first-order valence-electron chi connectivity index (χ1n) is 6.83. The average Bonchev–Trinajstić information content (AvgIpc) is 2.19. The number of hydrogen-bond acceptors (Lipinski definition) is 5. The van der Waals surface area contributed by atoms with Crippen molar-refractivity contribution in [1.82, 2.24) is 0 Å². The molecular weight excluding hydrogens is 260 g/mol. The van der Waals surface area contributed by atoms with Gasteiger partial charge in [-0.15, -0.1) is 0 Å². The van der Waals surface area contributed by atoms with Crippen molar-refractivity contribution in [2.45, 2.75) is 72.2 Å². The first kappa shape index (κ1) is 18.9. The maximum atomic E-state index is 12.2. The molecule has 0 bridgehead atoms. The van der Waals surface area contributed by atoms with E-state index in [1.807, 2.05) is 0 Å². The van der Waals surface area contributed by atoms with E-state index in [4.69, 9.17) is 14.2 Å². The van der Waals surface area contributed by atoms with Gasteiger partial charge >= 0.3 is 11.9 Å². The van der Waals surface area contributed by atoms with Gasteiger partial charge in [0.25, 0.3) is 0 Å². The van der Waals surface area contributed by atoms with Crippen LogP contribution >= 0.6 is 0 Å². The highest BCUT2D eigenvalue weighted by atomic mass is 16.6. The molecule has 0 aromatic carbocycles. The molecule has 5 nitrogen and oxygen atoms in total. The van der Waals surface area contributed by atoms with Gasteiger partial charge in [-0.25, -0.2) is 0 Å². The van der Waals surface area contributed by atoms with Crippen LogP contribution in [0.25, 0.3) is 0 Å². The van der Waals surface area contributed by atoms with E-state index >= 15 is 0 Å². The average molecular weight is 288 g/mol. The van der Waals surface area contributed by atoms with Gasteiger partial charge in [-0.2, -0.15) is 0 Å². The normalized spacial score (nSPS) is 15.4.